The summed E-state index contributed by atoms with van der Waals surface area (Å²) in [6.45, 7) is 6.21. The number of hydrogen-bond acceptors (Lipinski definition) is 4. The Morgan fingerprint density at radius 1 is 1.27 bits per heavy atom. The van der Waals surface area contributed by atoms with Crippen molar-refractivity contribution in [1.29, 1.82) is 0 Å². The van der Waals surface area contributed by atoms with E-state index in [0.717, 1.165) is 18.7 Å². The van der Waals surface area contributed by atoms with Gasteiger partial charge >= 0.3 is 0 Å². The van der Waals surface area contributed by atoms with Crippen LogP contribution in [-0.2, 0) is 7.05 Å². The minimum Gasteiger partial charge on any atom is -0.372 e. The number of benzene rings is 1. The molecule has 0 atom stereocenters. The average Bonchev–Trinajstić information content (AvgIpc) is 2.96. The molecule has 0 aliphatic heterocycles. The topological polar surface area (TPSA) is 62.5 Å². The molecule has 0 spiro atoms. The van der Waals surface area contributed by atoms with Gasteiger partial charge in [-0.2, -0.15) is 10.2 Å². The van der Waals surface area contributed by atoms with E-state index in [1.54, 1.807) is 30.2 Å². The molecular weight excluding hydrogens is 278 g/mol. The van der Waals surface area contributed by atoms with Gasteiger partial charge in [0.1, 0.15) is 0 Å². The zero-order chi connectivity index (χ0) is 15.9. The van der Waals surface area contributed by atoms with E-state index >= 15 is 0 Å². The quantitative estimate of drug-likeness (QED) is 0.656. The summed E-state index contributed by atoms with van der Waals surface area (Å²) in [7, 11) is 1.76. The maximum Gasteiger partial charge on any atom is 0.291 e. The molecule has 1 amide bonds. The van der Waals surface area contributed by atoms with E-state index in [1.807, 2.05) is 12.1 Å². The second-order valence-electron chi connectivity index (χ2n) is 4.84. The highest BCUT2D eigenvalue weighted by Gasteiger charge is 2.06. The van der Waals surface area contributed by atoms with Crippen LogP contribution in [0.1, 0.15) is 29.9 Å². The Bertz CT molecular complexity index is 641. The summed E-state index contributed by atoms with van der Waals surface area (Å²) in [5.74, 6) is -0.323. The van der Waals surface area contributed by atoms with Gasteiger partial charge in [-0.1, -0.05) is 12.1 Å². The monoisotopic (exact) mass is 299 g/mol. The fourth-order valence-electron chi connectivity index (χ4n) is 2.12. The molecule has 1 N–H and O–H groups in total. The van der Waals surface area contributed by atoms with Gasteiger partial charge in [-0.15, -0.1) is 0 Å². The molecule has 2 rings (SSSR count). The zero-order valence-electron chi connectivity index (χ0n) is 13.2. The Hall–Kier alpha value is -2.63. The van der Waals surface area contributed by atoms with E-state index in [4.69, 9.17) is 0 Å². The van der Waals surface area contributed by atoms with Gasteiger partial charge < -0.3 is 4.90 Å². The lowest BCUT2D eigenvalue weighted by atomic mass is 10.2. The SMILES string of the molecule is CCN(CC)c1ccc(/C=N\NC(=O)c2ccn(C)n2)cc1. The minimum absolute atomic E-state index is 0.323. The van der Waals surface area contributed by atoms with Crippen molar-refractivity contribution in [1.82, 2.24) is 15.2 Å². The van der Waals surface area contributed by atoms with Crippen LogP contribution in [0.3, 0.4) is 0 Å². The van der Waals surface area contributed by atoms with Crippen LogP contribution in [0.4, 0.5) is 5.69 Å². The smallest absolute Gasteiger partial charge is 0.291 e. The summed E-state index contributed by atoms with van der Waals surface area (Å²) in [5.41, 5.74) is 4.92. The molecule has 0 saturated heterocycles. The van der Waals surface area contributed by atoms with Gasteiger partial charge in [0.15, 0.2) is 5.69 Å². The van der Waals surface area contributed by atoms with Crippen LogP contribution >= 0.6 is 0 Å². The molecular formula is C16H21N5O. The van der Waals surface area contributed by atoms with E-state index in [9.17, 15) is 4.79 Å². The van der Waals surface area contributed by atoms with Crippen LogP contribution in [0.5, 0.6) is 0 Å². The van der Waals surface area contributed by atoms with Crippen molar-refractivity contribution in [3.63, 3.8) is 0 Å². The van der Waals surface area contributed by atoms with Crippen molar-refractivity contribution in [2.24, 2.45) is 12.1 Å². The van der Waals surface area contributed by atoms with Gasteiger partial charge in [0.05, 0.1) is 6.21 Å². The molecule has 0 unspecified atom stereocenters. The van der Waals surface area contributed by atoms with Gasteiger partial charge in [-0.3, -0.25) is 9.48 Å². The molecule has 0 fully saturated rings. The summed E-state index contributed by atoms with van der Waals surface area (Å²) in [5, 5.41) is 7.97. The third kappa shape index (κ3) is 3.94. The van der Waals surface area contributed by atoms with Crippen molar-refractivity contribution in [2.75, 3.05) is 18.0 Å². The Labute approximate surface area is 130 Å². The Morgan fingerprint density at radius 2 is 1.95 bits per heavy atom. The van der Waals surface area contributed by atoms with Crippen molar-refractivity contribution in [2.45, 2.75) is 13.8 Å². The summed E-state index contributed by atoms with van der Waals surface area (Å²) in [6, 6.07) is 9.70. The fourth-order valence-corrected chi connectivity index (χ4v) is 2.12. The number of carbonyl (C=O) groups excluding carboxylic acids is 1. The number of aryl methyl sites for hydroxylation is 1. The Morgan fingerprint density at radius 3 is 2.50 bits per heavy atom. The minimum atomic E-state index is -0.323. The maximum atomic E-state index is 11.8. The first kappa shape index (κ1) is 15.8. The molecule has 1 heterocycles. The molecule has 116 valence electrons. The second kappa shape index (κ2) is 7.40. The van der Waals surface area contributed by atoms with Crippen molar-refractivity contribution < 1.29 is 4.79 Å². The molecule has 0 radical (unpaired) electrons. The highest BCUT2D eigenvalue weighted by Crippen LogP contribution is 2.13. The first-order valence-corrected chi connectivity index (χ1v) is 7.32. The highest BCUT2D eigenvalue weighted by molar-refractivity contribution is 5.93. The molecule has 6 heteroatoms. The summed E-state index contributed by atoms with van der Waals surface area (Å²) in [4.78, 5) is 14.0. The average molecular weight is 299 g/mol. The number of nitrogens with one attached hydrogen (secondary N) is 1. The Kier molecular flexibility index (Phi) is 5.30. The van der Waals surface area contributed by atoms with E-state index < -0.39 is 0 Å². The lowest BCUT2D eigenvalue weighted by molar-refractivity contribution is 0.0949. The number of carbonyl (C=O) groups is 1. The molecule has 0 aliphatic carbocycles. The van der Waals surface area contributed by atoms with Gasteiger partial charge in [-0.25, -0.2) is 5.43 Å². The zero-order valence-corrected chi connectivity index (χ0v) is 13.2. The van der Waals surface area contributed by atoms with E-state index in [0.29, 0.717) is 5.69 Å². The third-order valence-electron chi connectivity index (χ3n) is 3.35. The van der Waals surface area contributed by atoms with Gasteiger partial charge in [0.2, 0.25) is 0 Å². The number of amides is 1. The molecule has 2 aromatic rings. The fraction of sp³-hybridized carbons (Fsp3) is 0.312. The molecule has 6 nitrogen and oxygen atoms in total. The molecule has 0 aliphatic rings. The molecule has 0 saturated carbocycles. The van der Waals surface area contributed by atoms with E-state index in [1.165, 1.54) is 5.69 Å². The van der Waals surface area contributed by atoms with Crippen LogP contribution in [0.2, 0.25) is 0 Å². The summed E-state index contributed by atoms with van der Waals surface area (Å²) in [6.07, 6.45) is 3.33. The van der Waals surface area contributed by atoms with E-state index in [2.05, 4.69) is 46.5 Å². The molecule has 1 aromatic carbocycles. The Balaban J connectivity index is 1.94. The first-order chi connectivity index (χ1) is 10.6. The predicted octanol–water partition coefficient (Wildman–Crippen LogP) is 2.03. The number of hydrazone groups is 1. The molecule has 1 aromatic heterocycles. The van der Waals surface area contributed by atoms with Crippen molar-refractivity contribution in [3.8, 4) is 0 Å². The van der Waals surface area contributed by atoms with Gasteiger partial charge in [0, 0.05) is 32.0 Å². The second-order valence-corrected chi connectivity index (χ2v) is 4.84. The number of aromatic nitrogens is 2. The van der Waals surface area contributed by atoms with Gasteiger partial charge in [0.25, 0.3) is 5.91 Å². The standard InChI is InChI=1S/C16H21N5O/c1-4-21(5-2)14-8-6-13(7-9-14)12-17-18-16(22)15-10-11-20(3)19-15/h6-12H,4-5H2,1-3H3,(H,18,22)/b17-12-. The normalized spacial score (nSPS) is 10.9. The molecule has 0 bridgehead atoms. The van der Waals surface area contributed by atoms with Gasteiger partial charge in [-0.05, 0) is 37.6 Å². The van der Waals surface area contributed by atoms with Crippen molar-refractivity contribution in [3.05, 3.63) is 47.8 Å². The van der Waals surface area contributed by atoms with Crippen LogP contribution in [-0.4, -0.2) is 35.0 Å². The maximum absolute atomic E-state index is 11.8. The summed E-state index contributed by atoms with van der Waals surface area (Å²) < 4.78 is 1.57. The first-order valence-electron chi connectivity index (χ1n) is 7.32. The number of nitrogens with zero attached hydrogens (tertiary/aromatic N) is 4. The van der Waals surface area contributed by atoms with Crippen LogP contribution in [0.25, 0.3) is 0 Å². The van der Waals surface area contributed by atoms with Crippen LogP contribution < -0.4 is 10.3 Å². The lowest BCUT2D eigenvalue weighted by Crippen LogP contribution is -2.21. The third-order valence-corrected chi connectivity index (χ3v) is 3.35. The van der Waals surface area contributed by atoms with Crippen molar-refractivity contribution >= 4 is 17.8 Å². The molecule has 22 heavy (non-hydrogen) atoms. The number of rotatable bonds is 6. The lowest BCUT2D eigenvalue weighted by Gasteiger charge is -2.20. The van der Waals surface area contributed by atoms with Crippen LogP contribution in [0, 0.1) is 0 Å². The van der Waals surface area contributed by atoms with Crippen LogP contribution in [0.15, 0.2) is 41.6 Å². The number of hydrogen-bond donors (Lipinski definition) is 1. The van der Waals surface area contributed by atoms with E-state index in [-0.39, 0.29) is 5.91 Å². The largest absolute Gasteiger partial charge is 0.372 e. The highest BCUT2D eigenvalue weighted by atomic mass is 16.2. The summed E-state index contributed by atoms with van der Waals surface area (Å²) >= 11 is 0. The predicted molar refractivity (Wildman–Crippen MR) is 88.3 cm³/mol. The number of anilines is 1.